The van der Waals surface area contributed by atoms with E-state index in [0.717, 1.165) is 12.1 Å². The van der Waals surface area contributed by atoms with Crippen LogP contribution in [-0.2, 0) is 4.79 Å². The molecule has 0 amide bonds. The molecule has 0 saturated carbocycles. The minimum absolute atomic E-state index is 0.0949. The van der Waals surface area contributed by atoms with Crippen molar-refractivity contribution in [1.29, 1.82) is 0 Å². The first-order chi connectivity index (χ1) is 7.49. The van der Waals surface area contributed by atoms with Crippen LogP contribution < -0.4 is 4.74 Å². The van der Waals surface area contributed by atoms with Crippen LogP contribution >= 0.6 is 11.6 Å². The van der Waals surface area contributed by atoms with Crippen LogP contribution in [0.4, 0.5) is 4.39 Å². The van der Waals surface area contributed by atoms with Gasteiger partial charge in [0, 0.05) is 6.08 Å². The zero-order chi connectivity index (χ0) is 12.1. The van der Waals surface area contributed by atoms with Crippen molar-refractivity contribution < 1.29 is 19.0 Å². The third-order valence-electron chi connectivity index (χ3n) is 1.72. The molecule has 5 heteroatoms. The predicted octanol–water partition coefficient (Wildman–Crippen LogP) is 2.89. The standard InChI is InChI=1S/C11H10ClFO3/c1-7(4-11(14)15)6-16-10-3-2-8(13)5-9(10)12/h2-5H,6H2,1H3,(H,14,15). The SMILES string of the molecule is CC(=CC(=O)O)COc1ccc(F)cc1Cl. The lowest BCUT2D eigenvalue weighted by Gasteiger charge is -2.07. The van der Waals surface area contributed by atoms with Crippen molar-refractivity contribution in [2.75, 3.05) is 6.61 Å². The van der Waals surface area contributed by atoms with E-state index in [0.29, 0.717) is 11.3 Å². The molecule has 1 aromatic rings. The number of carbonyl (C=O) groups is 1. The van der Waals surface area contributed by atoms with E-state index in [4.69, 9.17) is 21.4 Å². The van der Waals surface area contributed by atoms with Crippen molar-refractivity contribution in [1.82, 2.24) is 0 Å². The molecule has 1 rings (SSSR count). The van der Waals surface area contributed by atoms with Gasteiger partial charge in [-0.05, 0) is 30.7 Å². The van der Waals surface area contributed by atoms with Crippen LogP contribution in [0.5, 0.6) is 5.75 Å². The lowest BCUT2D eigenvalue weighted by atomic mass is 10.3. The second-order valence-electron chi connectivity index (χ2n) is 3.19. The Morgan fingerprint density at radius 1 is 1.62 bits per heavy atom. The van der Waals surface area contributed by atoms with Crippen LogP contribution in [0.2, 0.25) is 5.02 Å². The average Bonchev–Trinajstić information content (AvgIpc) is 2.15. The Labute approximate surface area is 97.1 Å². The highest BCUT2D eigenvalue weighted by Crippen LogP contribution is 2.25. The van der Waals surface area contributed by atoms with Gasteiger partial charge in [0.1, 0.15) is 18.2 Å². The highest BCUT2D eigenvalue weighted by atomic mass is 35.5. The van der Waals surface area contributed by atoms with Gasteiger partial charge in [-0.1, -0.05) is 11.6 Å². The Kier molecular flexibility index (Phi) is 4.31. The summed E-state index contributed by atoms with van der Waals surface area (Å²) in [7, 11) is 0. The lowest BCUT2D eigenvalue weighted by molar-refractivity contribution is -0.131. The molecule has 0 aromatic heterocycles. The summed E-state index contributed by atoms with van der Waals surface area (Å²) in [5.41, 5.74) is 0.535. The molecular weight excluding hydrogens is 235 g/mol. The Balaban J connectivity index is 2.65. The van der Waals surface area contributed by atoms with Crippen molar-refractivity contribution in [2.24, 2.45) is 0 Å². The van der Waals surface area contributed by atoms with Gasteiger partial charge in [0.05, 0.1) is 5.02 Å². The zero-order valence-electron chi connectivity index (χ0n) is 8.54. The monoisotopic (exact) mass is 244 g/mol. The fourth-order valence-corrected chi connectivity index (χ4v) is 1.26. The van der Waals surface area contributed by atoms with E-state index in [1.165, 1.54) is 12.1 Å². The van der Waals surface area contributed by atoms with Crippen molar-refractivity contribution in [3.63, 3.8) is 0 Å². The summed E-state index contributed by atoms with van der Waals surface area (Å²) in [4.78, 5) is 10.3. The second kappa shape index (κ2) is 5.51. The molecule has 0 radical (unpaired) electrons. The summed E-state index contributed by atoms with van der Waals surface area (Å²) >= 11 is 5.72. The van der Waals surface area contributed by atoms with Gasteiger partial charge in [0.2, 0.25) is 0 Å². The first-order valence-electron chi connectivity index (χ1n) is 4.47. The largest absolute Gasteiger partial charge is 0.488 e. The van der Waals surface area contributed by atoms with Gasteiger partial charge in [0.25, 0.3) is 0 Å². The third-order valence-corrected chi connectivity index (χ3v) is 2.01. The number of halogens is 2. The summed E-state index contributed by atoms with van der Waals surface area (Å²) in [6.45, 7) is 1.71. The van der Waals surface area contributed by atoms with Gasteiger partial charge >= 0.3 is 5.97 Å². The molecular formula is C11H10ClFO3. The second-order valence-corrected chi connectivity index (χ2v) is 3.60. The van der Waals surface area contributed by atoms with E-state index >= 15 is 0 Å². The maximum Gasteiger partial charge on any atom is 0.328 e. The molecule has 16 heavy (non-hydrogen) atoms. The number of rotatable bonds is 4. The van der Waals surface area contributed by atoms with Crippen LogP contribution in [0, 0.1) is 5.82 Å². The highest BCUT2D eigenvalue weighted by Gasteiger charge is 2.03. The summed E-state index contributed by atoms with van der Waals surface area (Å²) in [6, 6.07) is 3.75. The van der Waals surface area contributed by atoms with E-state index in [-0.39, 0.29) is 11.6 Å². The van der Waals surface area contributed by atoms with Gasteiger partial charge < -0.3 is 9.84 Å². The first-order valence-corrected chi connectivity index (χ1v) is 4.85. The van der Waals surface area contributed by atoms with Gasteiger partial charge in [0.15, 0.2) is 0 Å². The smallest absolute Gasteiger partial charge is 0.328 e. The number of ether oxygens (including phenoxy) is 1. The molecule has 0 unspecified atom stereocenters. The fourth-order valence-electron chi connectivity index (χ4n) is 1.04. The highest BCUT2D eigenvalue weighted by molar-refractivity contribution is 6.32. The van der Waals surface area contributed by atoms with Crippen molar-refractivity contribution in [3.8, 4) is 5.75 Å². The maximum absolute atomic E-state index is 12.7. The van der Waals surface area contributed by atoms with Crippen LogP contribution in [0.3, 0.4) is 0 Å². The fraction of sp³-hybridized carbons (Fsp3) is 0.182. The summed E-state index contributed by atoms with van der Waals surface area (Å²) in [5.74, 6) is -1.16. The predicted molar refractivity (Wildman–Crippen MR) is 58.3 cm³/mol. The summed E-state index contributed by atoms with van der Waals surface area (Å²) in [5, 5.41) is 8.62. The quantitative estimate of drug-likeness (QED) is 0.829. The summed E-state index contributed by atoms with van der Waals surface area (Å²) in [6.07, 6.45) is 1.04. The maximum atomic E-state index is 12.7. The van der Waals surface area contributed by atoms with Gasteiger partial charge in [-0.25, -0.2) is 9.18 Å². The number of carboxylic acid groups (broad SMARTS) is 1. The number of carboxylic acids is 1. The zero-order valence-corrected chi connectivity index (χ0v) is 9.29. The lowest BCUT2D eigenvalue weighted by Crippen LogP contribution is -2.01. The summed E-state index contributed by atoms with van der Waals surface area (Å²) < 4.78 is 17.9. The van der Waals surface area contributed by atoms with E-state index in [1.54, 1.807) is 6.92 Å². The normalized spacial score (nSPS) is 11.3. The molecule has 0 aliphatic carbocycles. The van der Waals surface area contributed by atoms with Crippen LogP contribution in [-0.4, -0.2) is 17.7 Å². The molecule has 0 aliphatic heterocycles. The minimum Gasteiger partial charge on any atom is -0.488 e. The van der Waals surface area contributed by atoms with Crippen LogP contribution in [0.15, 0.2) is 29.8 Å². The first kappa shape index (κ1) is 12.5. The number of benzene rings is 1. The van der Waals surface area contributed by atoms with E-state index in [1.807, 2.05) is 0 Å². The van der Waals surface area contributed by atoms with Gasteiger partial charge in [-0.3, -0.25) is 0 Å². The molecule has 0 fully saturated rings. The molecule has 0 heterocycles. The Morgan fingerprint density at radius 3 is 2.88 bits per heavy atom. The molecule has 0 spiro atoms. The number of hydrogen-bond acceptors (Lipinski definition) is 2. The van der Waals surface area contributed by atoms with E-state index < -0.39 is 11.8 Å². The molecule has 1 N–H and O–H groups in total. The topological polar surface area (TPSA) is 46.5 Å². The third kappa shape index (κ3) is 3.90. The molecule has 86 valence electrons. The molecule has 0 saturated heterocycles. The van der Waals surface area contributed by atoms with Gasteiger partial charge in [-0.15, -0.1) is 0 Å². The number of hydrogen-bond donors (Lipinski definition) is 1. The van der Waals surface area contributed by atoms with Crippen molar-refractivity contribution >= 4 is 17.6 Å². The van der Waals surface area contributed by atoms with E-state index in [2.05, 4.69) is 0 Å². The molecule has 3 nitrogen and oxygen atoms in total. The molecule has 0 atom stereocenters. The van der Waals surface area contributed by atoms with E-state index in [9.17, 15) is 9.18 Å². The number of aliphatic carboxylic acids is 1. The van der Waals surface area contributed by atoms with Crippen molar-refractivity contribution in [3.05, 3.63) is 40.7 Å². The Hall–Kier alpha value is -1.55. The Bertz CT molecular complexity index is 429. The molecule has 0 aliphatic rings. The minimum atomic E-state index is -1.04. The van der Waals surface area contributed by atoms with Crippen molar-refractivity contribution in [2.45, 2.75) is 6.92 Å². The van der Waals surface area contributed by atoms with Gasteiger partial charge in [-0.2, -0.15) is 0 Å². The molecule has 1 aromatic carbocycles. The molecule has 0 bridgehead atoms. The van der Waals surface area contributed by atoms with Crippen LogP contribution in [0.1, 0.15) is 6.92 Å². The van der Waals surface area contributed by atoms with Crippen LogP contribution in [0.25, 0.3) is 0 Å². The average molecular weight is 245 g/mol. The Morgan fingerprint density at radius 2 is 2.31 bits per heavy atom.